The van der Waals surface area contributed by atoms with Gasteiger partial charge in [0.25, 0.3) is 0 Å². The molecule has 0 atom stereocenters. The summed E-state index contributed by atoms with van der Waals surface area (Å²) in [7, 11) is 3.64. The van der Waals surface area contributed by atoms with Gasteiger partial charge in [0, 0.05) is 25.7 Å². The molecule has 4 heteroatoms. The second kappa shape index (κ2) is 4.21. The summed E-state index contributed by atoms with van der Waals surface area (Å²) in [5.74, 6) is -0.223. The average molecular weight is 276 g/mol. The zero-order chi connectivity index (χ0) is 14.7. The smallest absolute Gasteiger partial charge is 0.237 e. The molecule has 1 aliphatic carbocycles. The van der Waals surface area contributed by atoms with Crippen molar-refractivity contribution >= 4 is 17.3 Å². The Hall–Kier alpha value is -1.58. The lowest BCUT2D eigenvalue weighted by Crippen LogP contribution is -2.46. The van der Waals surface area contributed by atoms with Gasteiger partial charge in [0.2, 0.25) is 5.91 Å². The summed E-state index contributed by atoms with van der Waals surface area (Å²) in [6, 6.07) is 3.93. The van der Waals surface area contributed by atoms with Crippen LogP contribution in [0.15, 0.2) is 12.1 Å². The van der Waals surface area contributed by atoms with E-state index in [1.54, 1.807) is 11.0 Å². The highest BCUT2D eigenvalue weighted by atomic mass is 19.1. The summed E-state index contributed by atoms with van der Waals surface area (Å²) in [5.41, 5.74) is 1.09. The van der Waals surface area contributed by atoms with Crippen LogP contribution in [0.3, 0.4) is 0 Å². The van der Waals surface area contributed by atoms with Crippen molar-refractivity contribution in [3.8, 4) is 0 Å². The maximum absolute atomic E-state index is 14.8. The molecule has 1 saturated carbocycles. The van der Waals surface area contributed by atoms with E-state index in [9.17, 15) is 9.18 Å². The van der Waals surface area contributed by atoms with Crippen LogP contribution in [0.1, 0.15) is 38.7 Å². The van der Waals surface area contributed by atoms with E-state index in [-0.39, 0.29) is 17.8 Å². The molecule has 0 unspecified atom stereocenters. The molecular formula is C16H21FN2O. The van der Waals surface area contributed by atoms with Crippen molar-refractivity contribution < 1.29 is 9.18 Å². The summed E-state index contributed by atoms with van der Waals surface area (Å²) in [6.45, 7) is 3.66. The first-order chi connectivity index (χ1) is 9.35. The van der Waals surface area contributed by atoms with Crippen molar-refractivity contribution in [1.29, 1.82) is 0 Å². The molecule has 3 rings (SSSR count). The normalized spacial score (nSPS) is 20.9. The fourth-order valence-corrected chi connectivity index (χ4v) is 3.22. The fourth-order valence-electron chi connectivity index (χ4n) is 3.22. The van der Waals surface area contributed by atoms with Crippen LogP contribution in [0.4, 0.5) is 15.8 Å². The maximum Gasteiger partial charge on any atom is 0.237 e. The Morgan fingerprint density at radius 2 is 1.95 bits per heavy atom. The minimum atomic E-state index is -0.777. The first-order valence-corrected chi connectivity index (χ1v) is 7.19. The number of anilines is 2. The van der Waals surface area contributed by atoms with Gasteiger partial charge in [0.1, 0.15) is 0 Å². The highest BCUT2D eigenvalue weighted by molar-refractivity contribution is 6.08. The van der Waals surface area contributed by atoms with E-state index >= 15 is 0 Å². The molecule has 2 aliphatic rings. The third-order valence-electron chi connectivity index (χ3n) is 4.66. The predicted molar refractivity (Wildman–Crippen MR) is 78.9 cm³/mol. The van der Waals surface area contributed by atoms with E-state index in [4.69, 9.17) is 0 Å². The number of nitrogens with zero attached hydrogens (tertiary/aromatic N) is 2. The van der Waals surface area contributed by atoms with Crippen molar-refractivity contribution in [2.24, 2.45) is 0 Å². The van der Waals surface area contributed by atoms with Crippen LogP contribution in [0.5, 0.6) is 0 Å². The lowest BCUT2D eigenvalue weighted by atomic mass is 9.85. The topological polar surface area (TPSA) is 23.6 Å². The lowest BCUT2D eigenvalue weighted by Gasteiger charge is -2.36. The average Bonchev–Trinajstić information content (AvgIpc) is 2.49. The first-order valence-electron chi connectivity index (χ1n) is 7.19. The Balaban J connectivity index is 2.18. The van der Waals surface area contributed by atoms with Crippen LogP contribution in [0, 0.1) is 5.82 Å². The number of rotatable bonds is 2. The van der Waals surface area contributed by atoms with Gasteiger partial charge in [-0.05, 0) is 45.2 Å². The molecule has 0 bridgehead atoms. The van der Waals surface area contributed by atoms with Gasteiger partial charge in [-0.15, -0.1) is 0 Å². The zero-order valence-corrected chi connectivity index (χ0v) is 12.5. The summed E-state index contributed by atoms with van der Waals surface area (Å²) >= 11 is 0. The van der Waals surface area contributed by atoms with Crippen LogP contribution in [-0.4, -0.2) is 26.0 Å². The SMILES string of the molecule is CN(C)c1ccc2c(c1F)C(C)(C)C(=O)N2C1CCC1. The molecule has 1 aliphatic heterocycles. The molecule has 20 heavy (non-hydrogen) atoms. The third-order valence-corrected chi connectivity index (χ3v) is 4.66. The van der Waals surface area contributed by atoms with Crippen LogP contribution < -0.4 is 9.80 Å². The van der Waals surface area contributed by atoms with Crippen LogP contribution in [-0.2, 0) is 10.2 Å². The maximum atomic E-state index is 14.8. The minimum Gasteiger partial charge on any atom is -0.375 e. The van der Waals surface area contributed by atoms with Gasteiger partial charge in [0.05, 0.1) is 16.8 Å². The molecule has 0 spiro atoms. The van der Waals surface area contributed by atoms with Gasteiger partial charge in [-0.25, -0.2) is 4.39 Å². The molecule has 1 fully saturated rings. The summed E-state index contributed by atoms with van der Waals surface area (Å²) < 4.78 is 14.8. The molecule has 0 radical (unpaired) electrons. The molecule has 1 heterocycles. The third kappa shape index (κ3) is 1.60. The number of hydrogen-bond acceptors (Lipinski definition) is 2. The number of carbonyl (C=O) groups is 1. The number of amides is 1. The van der Waals surface area contributed by atoms with E-state index in [1.807, 2.05) is 38.9 Å². The van der Waals surface area contributed by atoms with Gasteiger partial charge in [-0.1, -0.05) is 0 Å². The van der Waals surface area contributed by atoms with E-state index in [0.717, 1.165) is 24.9 Å². The van der Waals surface area contributed by atoms with Crippen molar-refractivity contribution in [3.05, 3.63) is 23.5 Å². The van der Waals surface area contributed by atoms with Gasteiger partial charge in [-0.3, -0.25) is 4.79 Å². The van der Waals surface area contributed by atoms with Gasteiger partial charge in [-0.2, -0.15) is 0 Å². The summed E-state index contributed by atoms with van der Waals surface area (Å²) in [4.78, 5) is 16.3. The molecule has 0 N–H and O–H groups in total. The molecule has 1 amide bonds. The number of hydrogen-bond donors (Lipinski definition) is 0. The molecule has 0 saturated heterocycles. The van der Waals surface area contributed by atoms with Crippen LogP contribution >= 0.6 is 0 Å². The number of carbonyl (C=O) groups excluding carboxylic acids is 1. The van der Waals surface area contributed by atoms with Crippen LogP contribution in [0.2, 0.25) is 0 Å². The number of benzene rings is 1. The molecule has 1 aromatic rings. The Morgan fingerprint density at radius 3 is 2.45 bits per heavy atom. The Labute approximate surface area is 119 Å². The summed E-state index contributed by atoms with van der Waals surface area (Å²) in [6.07, 6.45) is 3.21. The molecule has 3 nitrogen and oxygen atoms in total. The standard InChI is InChI=1S/C16H21FN2O/c1-16(2)13-11(8-9-12(14(13)17)18(3)4)19(15(16)20)10-6-5-7-10/h8-10H,5-7H2,1-4H3. The summed E-state index contributed by atoms with van der Waals surface area (Å²) in [5, 5.41) is 0. The van der Waals surface area contributed by atoms with Crippen molar-refractivity contribution in [3.63, 3.8) is 0 Å². The van der Waals surface area contributed by atoms with Gasteiger partial charge < -0.3 is 9.80 Å². The van der Waals surface area contributed by atoms with E-state index in [2.05, 4.69) is 0 Å². The van der Waals surface area contributed by atoms with E-state index in [1.165, 1.54) is 0 Å². The minimum absolute atomic E-state index is 0.0343. The first kappa shape index (κ1) is 13.4. The Kier molecular flexibility index (Phi) is 2.82. The molecular weight excluding hydrogens is 255 g/mol. The Bertz CT molecular complexity index is 576. The van der Waals surface area contributed by atoms with E-state index in [0.29, 0.717) is 11.3 Å². The predicted octanol–water partition coefficient (Wildman–Crippen LogP) is 3.07. The monoisotopic (exact) mass is 276 g/mol. The zero-order valence-electron chi connectivity index (χ0n) is 12.5. The molecule has 0 aromatic heterocycles. The van der Waals surface area contributed by atoms with Crippen molar-refractivity contribution in [2.45, 2.75) is 44.6 Å². The molecule has 108 valence electrons. The van der Waals surface area contributed by atoms with E-state index < -0.39 is 5.41 Å². The van der Waals surface area contributed by atoms with Gasteiger partial charge in [0.15, 0.2) is 5.82 Å². The van der Waals surface area contributed by atoms with Crippen LogP contribution in [0.25, 0.3) is 0 Å². The van der Waals surface area contributed by atoms with Gasteiger partial charge >= 0.3 is 0 Å². The number of halogens is 1. The highest BCUT2D eigenvalue weighted by Gasteiger charge is 2.49. The largest absolute Gasteiger partial charge is 0.375 e. The molecule has 1 aromatic carbocycles. The Morgan fingerprint density at radius 1 is 1.30 bits per heavy atom. The fraction of sp³-hybridized carbons (Fsp3) is 0.562. The lowest BCUT2D eigenvalue weighted by molar-refractivity contribution is -0.122. The second-order valence-corrected chi connectivity index (χ2v) is 6.57. The highest BCUT2D eigenvalue weighted by Crippen LogP contribution is 2.48. The van der Waals surface area contributed by atoms with Crippen molar-refractivity contribution in [1.82, 2.24) is 0 Å². The second-order valence-electron chi connectivity index (χ2n) is 6.57. The quantitative estimate of drug-likeness (QED) is 0.829. The van der Waals surface area contributed by atoms with Crippen molar-refractivity contribution in [2.75, 3.05) is 23.9 Å². The number of fused-ring (bicyclic) bond motifs is 1.